The van der Waals surface area contributed by atoms with Gasteiger partial charge < -0.3 is 15.4 Å². The Labute approximate surface area is 134 Å². The van der Waals surface area contributed by atoms with Crippen LogP contribution in [-0.4, -0.2) is 24.6 Å². The number of benzene rings is 2. The van der Waals surface area contributed by atoms with Gasteiger partial charge in [0.05, 0.1) is 17.5 Å². The lowest BCUT2D eigenvalue weighted by atomic mass is 10.00. The molecule has 1 aliphatic rings. The van der Waals surface area contributed by atoms with Gasteiger partial charge in [0.1, 0.15) is 12.4 Å². The maximum Gasteiger partial charge on any atom is 0.273 e. The number of nitrogens with zero attached hydrogens (tertiary/aromatic N) is 2. The minimum Gasteiger partial charge on any atom is -0.491 e. The first-order chi connectivity index (χ1) is 11.1. The van der Waals surface area contributed by atoms with Gasteiger partial charge in [-0.3, -0.25) is 10.1 Å². The van der Waals surface area contributed by atoms with Crippen molar-refractivity contribution < 1.29 is 9.66 Å². The van der Waals surface area contributed by atoms with Crippen LogP contribution in [0.3, 0.4) is 0 Å². The van der Waals surface area contributed by atoms with Crippen LogP contribution < -0.4 is 15.4 Å². The van der Waals surface area contributed by atoms with Crippen molar-refractivity contribution in [1.29, 1.82) is 0 Å². The summed E-state index contributed by atoms with van der Waals surface area (Å²) in [6.45, 7) is 2.16. The fraction of sp³-hybridized carbons (Fsp3) is 0.294. The Morgan fingerprint density at radius 2 is 2.09 bits per heavy atom. The number of hydrogen-bond acceptors (Lipinski definition) is 5. The molecule has 1 aliphatic heterocycles. The molecule has 0 aliphatic carbocycles. The normalized spacial score (nSPS) is 13.5. The van der Waals surface area contributed by atoms with Crippen molar-refractivity contribution in [1.82, 2.24) is 0 Å². The Morgan fingerprint density at radius 1 is 1.26 bits per heavy atom. The predicted octanol–water partition coefficient (Wildman–Crippen LogP) is 3.01. The van der Waals surface area contributed by atoms with Gasteiger partial charge in [-0.1, -0.05) is 12.1 Å². The number of non-ortho nitro benzene ring substituents is 1. The fourth-order valence-corrected chi connectivity index (χ4v) is 2.92. The van der Waals surface area contributed by atoms with E-state index in [0.29, 0.717) is 12.4 Å². The highest BCUT2D eigenvalue weighted by atomic mass is 16.6. The van der Waals surface area contributed by atoms with Gasteiger partial charge in [0.25, 0.3) is 5.69 Å². The molecule has 0 amide bonds. The molecule has 6 nitrogen and oxygen atoms in total. The van der Waals surface area contributed by atoms with Crippen molar-refractivity contribution in [2.75, 3.05) is 30.3 Å². The SMILES string of the molecule is Nc1cccc2c1CCCN2CCOc1cccc([N+](=O)[O-])c1. The van der Waals surface area contributed by atoms with Gasteiger partial charge in [-0.05, 0) is 36.6 Å². The molecule has 0 bridgehead atoms. The molecule has 0 atom stereocenters. The van der Waals surface area contributed by atoms with Crippen molar-refractivity contribution in [3.05, 3.63) is 58.1 Å². The molecule has 120 valence electrons. The number of nitrogens with two attached hydrogens (primary N) is 1. The van der Waals surface area contributed by atoms with Crippen LogP contribution in [0.25, 0.3) is 0 Å². The van der Waals surface area contributed by atoms with Crippen molar-refractivity contribution >= 4 is 17.1 Å². The Hall–Kier alpha value is -2.76. The monoisotopic (exact) mass is 313 g/mol. The van der Waals surface area contributed by atoms with E-state index in [1.165, 1.54) is 23.4 Å². The van der Waals surface area contributed by atoms with E-state index < -0.39 is 4.92 Å². The van der Waals surface area contributed by atoms with Crippen molar-refractivity contribution in [3.63, 3.8) is 0 Å². The van der Waals surface area contributed by atoms with E-state index >= 15 is 0 Å². The third-order valence-electron chi connectivity index (χ3n) is 4.04. The molecular weight excluding hydrogens is 294 g/mol. The Morgan fingerprint density at radius 3 is 2.91 bits per heavy atom. The standard InChI is InChI=1S/C17H19N3O3/c18-16-7-2-8-17-15(16)6-3-9-19(17)10-11-23-14-5-1-4-13(12-14)20(21)22/h1-2,4-5,7-8,12H,3,6,9-11,18H2. The highest BCUT2D eigenvalue weighted by Crippen LogP contribution is 2.31. The second-order valence-corrected chi connectivity index (χ2v) is 5.54. The van der Waals surface area contributed by atoms with E-state index in [-0.39, 0.29) is 5.69 Å². The second kappa shape index (κ2) is 6.56. The van der Waals surface area contributed by atoms with Gasteiger partial charge in [-0.2, -0.15) is 0 Å². The number of ether oxygens (including phenoxy) is 1. The average molecular weight is 313 g/mol. The summed E-state index contributed by atoms with van der Waals surface area (Å²) in [6, 6.07) is 12.2. The van der Waals surface area contributed by atoms with E-state index in [2.05, 4.69) is 11.0 Å². The number of nitrogen functional groups attached to an aromatic ring is 1. The quantitative estimate of drug-likeness (QED) is 0.521. The molecule has 0 saturated carbocycles. The van der Waals surface area contributed by atoms with Gasteiger partial charge >= 0.3 is 0 Å². The van der Waals surface area contributed by atoms with Crippen LogP contribution in [0.15, 0.2) is 42.5 Å². The summed E-state index contributed by atoms with van der Waals surface area (Å²) in [5, 5.41) is 10.8. The zero-order valence-electron chi connectivity index (χ0n) is 12.8. The molecule has 1 heterocycles. The molecule has 6 heteroatoms. The highest BCUT2D eigenvalue weighted by molar-refractivity contribution is 5.66. The highest BCUT2D eigenvalue weighted by Gasteiger charge is 2.18. The van der Waals surface area contributed by atoms with Crippen molar-refractivity contribution in [2.45, 2.75) is 12.8 Å². The van der Waals surface area contributed by atoms with Crippen LogP contribution in [0.4, 0.5) is 17.1 Å². The summed E-state index contributed by atoms with van der Waals surface area (Å²) < 4.78 is 5.67. The lowest BCUT2D eigenvalue weighted by Gasteiger charge is -2.31. The maximum atomic E-state index is 10.8. The number of nitro groups is 1. The van der Waals surface area contributed by atoms with Crippen LogP contribution in [0.5, 0.6) is 5.75 Å². The summed E-state index contributed by atoms with van der Waals surface area (Å²) in [7, 11) is 0. The maximum absolute atomic E-state index is 10.8. The first-order valence-corrected chi connectivity index (χ1v) is 7.65. The number of anilines is 2. The Kier molecular flexibility index (Phi) is 4.32. The lowest BCUT2D eigenvalue weighted by Crippen LogP contribution is -2.33. The number of nitro benzene ring substituents is 1. The van der Waals surface area contributed by atoms with Gasteiger partial charge in [0.2, 0.25) is 0 Å². The molecule has 0 aromatic heterocycles. The van der Waals surface area contributed by atoms with Gasteiger partial charge in [-0.15, -0.1) is 0 Å². The predicted molar refractivity (Wildman–Crippen MR) is 90.0 cm³/mol. The fourth-order valence-electron chi connectivity index (χ4n) is 2.92. The van der Waals surface area contributed by atoms with Crippen LogP contribution >= 0.6 is 0 Å². The Bertz CT molecular complexity index is 718. The summed E-state index contributed by atoms with van der Waals surface area (Å²) in [5.41, 5.74) is 9.30. The molecular formula is C17H19N3O3. The molecule has 0 radical (unpaired) electrons. The average Bonchev–Trinajstić information content (AvgIpc) is 2.56. The molecule has 0 saturated heterocycles. The summed E-state index contributed by atoms with van der Waals surface area (Å²) in [4.78, 5) is 12.6. The molecule has 3 rings (SSSR count). The van der Waals surface area contributed by atoms with E-state index in [0.717, 1.165) is 31.6 Å². The van der Waals surface area contributed by atoms with Crippen LogP contribution in [0.2, 0.25) is 0 Å². The minimum absolute atomic E-state index is 0.0404. The first-order valence-electron chi connectivity index (χ1n) is 7.65. The summed E-state index contributed by atoms with van der Waals surface area (Å²) >= 11 is 0. The van der Waals surface area contributed by atoms with Crippen molar-refractivity contribution in [3.8, 4) is 5.75 Å². The molecule has 2 N–H and O–H groups in total. The molecule has 0 spiro atoms. The van der Waals surface area contributed by atoms with Crippen molar-refractivity contribution in [2.24, 2.45) is 0 Å². The van der Waals surface area contributed by atoms with Crippen LogP contribution in [-0.2, 0) is 6.42 Å². The molecule has 2 aromatic rings. The minimum atomic E-state index is -0.420. The van der Waals surface area contributed by atoms with E-state index in [4.69, 9.17) is 10.5 Å². The van der Waals surface area contributed by atoms with Gasteiger partial charge in [-0.25, -0.2) is 0 Å². The molecule has 0 fully saturated rings. The van der Waals surface area contributed by atoms with E-state index in [9.17, 15) is 10.1 Å². The molecule has 0 unspecified atom stereocenters. The second-order valence-electron chi connectivity index (χ2n) is 5.54. The number of hydrogen-bond donors (Lipinski definition) is 1. The molecule has 2 aromatic carbocycles. The lowest BCUT2D eigenvalue weighted by molar-refractivity contribution is -0.384. The largest absolute Gasteiger partial charge is 0.491 e. The van der Waals surface area contributed by atoms with E-state index in [1.54, 1.807) is 12.1 Å². The zero-order chi connectivity index (χ0) is 16.2. The number of fused-ring (bicyclic) bond motifs is 1. The summed E-state index contributed by atoms with van der Waals surface area (Å²) in [6.07, 6.45) is 2.07. The van der Waals surface area contributed by atoms with Crippen LogP contribution in [0.1, 0.15) is 12.0 Å². The molecule has 23 heavy (non-hydrogen) atoms. The smallest absolute Gasteiger partial charge is 0.273 e. The third-order valence-corrected chi connectivity index (χ3v) is 4.04. The Balaban J connectivity index is 1.63. The third kappa shape index (κ3) is 3.36. The first kappa shape index (κ1) is 15.1. The number of rotatable bonds is 5. The topological polar surface area (TPSA) is 81.6 Å². The summed E-state index contributed by atoms with van der Waals surface area (Å²) in [5.74, 6) is 0.518. The van der Waals surface area contributed by atoms with Gasteiger partial charge in [0, 0.05) is 24.0 Å². The van der Waals surface area contributed by atoms with Gasteiger partial charge in [0.15, 0.2) is 0 Å². The van der Waals surface area contributed by atoms with E-state index in [1.807, 2.05) is 12.1 Å². The van der Waals surface area contributed by atoms with Crippen LogP contribution in [0, 0.1) is 10.1 Å². The zero-order valence-corrected chi connectivity index (χ0v) is 12.8.